The molecule has 7 nitrogen and oxygen atoms in total. The van der Waals surface area contributed by atoms with Gasteiger partial charge >= 0.3 is 5.97 Å². The number of thiophene rings is 1. The number of esters is 1. The molecule has 4 aromatic rings. The minimum Gasteiger partial charge on any atom is -0.465 e. The van der Waals surface area contributed by atoms with Crippen LogP contribution in [-0.2, 0) is 14.3 Å². The molecule has 0 N–H and O–H groups in total. The number of carbonyl (C=O) groups is 2. The minimum absolute atomic E-state index is 0.0340. The summed E-state index contributed by atoms with van der Waals surface area (Å²) >= 11 is 1.36. The molecule has 1 amide bonds. The van der Waals surface area contributed by atoms with E-state index in [0.717, 1.165) is 65.0 Å². The maximum Gasteiger partial charge on any atom is 0.350 e. The Balaban J connectivity index is 1.35. The summed E-state index contributed by atoms with van der Waals surface area (Å²) < 4.78 is 16.8. The molecule has 0 bridgehead atoms. The van der Waals surface area contributed by atoms with Crippen LogP contribution in [0.1, 0.15) is 48.7 Å². The first kappa shape index (κ1) is 25.8. The summed E-state index contributed by atoms with van der Waals surface area (Å²) in [6.07, 6.45) is 6.37. The van der Waals surface area contributed by atoms with E-state index in [9.17, 15) is 9.59 Å². The van der Waals surface area contributed by atoms with Gasteiger partial charge in [0.2, 0.25) is 5.91 Å². The van der Waals surface area contributed by atoms with Crippen molar-refractivity contribution in [2.75, 3.05) is 25.2 Å². The van der Waals surface area contributed by atoms with Crippen molar-refractivity contribution >= 4 is 40.0 Å². The third-order valence-electron chi connectivity index (χ3n) is 7.96. The number of carbonyl (C=O) groups excluding carboxylic acids is 2. The van der Waals surface area contributed by atoms with Gasteiger partial charge in [0.15, 0.2) is 5.58 Å². The highest BCUT2D eigenvalue weighted by molar-refractivity contribution is 7.18. The zero-order chi connectivity index (χ0) is 26.9. The maximum absolute atomic E-state index is 14.0. The van der Waals surface area contributed by atoms with Crippen LogP contribution in [0.4, 0.5) is 5.69 Å². The van der Waals surface area contributed by atoms with E-state index in [2.05, 4.69) is 11.9 Å². The summed E-state index contributed by atoms with van der Waals surface area (Å²) in [7, 11) is 1.38. The Bertz CT molecular complexity index is 1440. The zero-order valence-electron chi connectivity index (χ0n) is 22.2. The number of pyridine rings is 1. The molecule has 0 radical (unpaired) electrons. The second kappa shape index (κ2) is 10.9. The number of hydrogen-bond acceptors (Lipinski definition) is 7. The van der Waals surface area contributed by atoms with Crippen LogP contribution in [0.15, 0.2) is 59.1 Å². The van der Waals surface area contributed by atoms with Gasteiger partial charge in [-0.2, -0.15) is 0 Å². The Kier molecular flexibility index (Phi) is 7.23. The molecule has 1 unspecified atom stereocenters. The van der Waals surface area contributed by atoms with E-state index >= 15 is 0 Å². The zero-order valence-corrected chi connectivity index (χ0v) is 23.0. The number of benzene rings is 1. The Labute approximate surface area is 231 Å². The number of ether oxygens (including phenoxy) is 2. The van der Waals surface area contributed by atoms with Gasteiger partial charge in [0.1, 0.15) is 16.2 Å². The summed E-state index contributed by atoms with van der Waals surface area (Å²) in [4.78, 5) is 34.5. The smallest absolute Gasteiger partial charge is 0.350 e. The first-order chi connectivity index (χ1) is 19.0. The first-order valence-electron chi connectivity index (χ1n) is 13.6. The van der Waals surface area contributed by atoms with Gasteiger partial charge in [-0.25, -0.2) is 4.79 Å². The molecule has 1 saturated heterocycles. The predicted octanol–water partition coefficient (Wildman–Crippen LogP) is 6.96. The van der Waals surface area contributed by atoms with Gasteiger partial charge in [-0.3, -0.25) is 9.78 Å². The maximum atomic E-state index is 14.0. The Morgan fingerprint density at radius 3 is 2.49 bits per heavy atom. The van der Waals surface area contributed by atoms with Crippen LogP contribution in [0.5, 0.6) is 0 Å². The third kappa shape index (κ3) is 5.11. The summed E-state index contributed by atoms with van der Waals surface area (Å²) in [5, 5.41) is 0. The van der Waals surface area contributed by atoms with E-state index in [1.807, 2.05) is 53.4 Å². The van der Waals surface area contributed by atoms with E-state index in [-0.39, 0.29) is 17.9 Å². The number of anilines is 1. The molecule has 1 atom stereocenters. The Hall–Kier alpha value is -3.49. The molecule has 0 spiro atoms. The van der Waals surface area contributed by atoms with Gasteiger partial charge in [-0.05, 0) is 61.8 Å². The Morgan fingerprint density at radius 1 is 1.03 bits per heavy atom. The van der Waals surface area contributed by atoms with E-state index < -0.39 is 5.97 Å². The molecule has 4 heterocycles. The number of amides is 1. The van der Waals surface area contributed by atoms with Crippen LogP contribution < -0.4 is 4.90 Å². The molecule has 2 aliphatic rings. The van der Waals surface area contributed by atoms with Crippen LogP contribution in [0.25, 0.3) is 32.9 Å². The van der Waals surface area contributed by atoms with Crippen molar-refractivity contribution in [3.63, 3.8) is 0 Å². The standard InChI is InChI=1S/C31H32N2O5S/c1-19-5-7-22(8-6-19)30(34)33(23-13-15-37-18-23)25-17-28(39-29(25)31(35)36-2)21-11-9-20(10-12-21)27-16-24-26(38-27)4-3-14-32-24/h3-4,9-12,14,16-17,19,22-23H,5-8,13,15,18H2,1-2H3. The van der Waals surface area contributed by atoms with Gasteiger partial charge < -0.3 is 18.8 Å². The monoisotopic (exact) mass is 544 g/mol. The molecule has 2 fully saturated rings. The number of nitrogens with zero attached hydrogens (tertiary/aromatic N) is 2. The molecular weight excluding hydrogens is 512 g/mol. The highest BCUT2D eigenvalue weighted by atomic mass is 32.1. The van der Waals surface area contributed by atoms with E-state index in [4.69, 9.17) is 13.9 Å². The lowest BCUT2D eigenvalue weighted by atomic mass is 9.82. The number of fused-ring (bicyclic) bond motifs is 1. The molecule has 39 heavy (non-hydrogen) atoms. The van der Waals surface area contributed by atoms with Crippen LogP contribution in [-0.4, -0.2) is 43.2 Å². The summed E-state index contributed by atoms with van der Waals surface area (Å²) in [5.74, 6) is 1.03. The largest absolute Gasteiger partial charge is 0.465 e. The fourth-order valence-corrected chi connectivity index (χ4v) is 6.75. The molecule has 1 saturated carbocycles. The molecular formula is C31H32N2O5S. The molecule has 3 aromatic heterocycles. The van der Waals surface area contributed by atoms with E-state index in [1.54, 1.807) is 6.20 Å². The van der Waals surface area contributed by atoms with Gasteiger partial charge in [0.25, 0.3) is 0 Å². The second-order valence-electron chi connectivity index (χ2n) is 10.6. The summed E-state index contributed by atoms with van der Waals surface area (Å²) in [6.45, 7) is 3.33. The summed E-state index contributed by atoms with van der Waals surface area (Å²) in [6, 6.07) is 15.6. The van der Waals surface area contributed by atoms with Crippen molar-refractivity contribution < 1.29 is 23.5 Å². The van der Waals surface area contributed by atoms with E-state index in [0.29, 0.717) is 29.7 Å². The lowest BCUT2D eigenvalue weighted by Crippen LogP contribution is -2.45. The van der Waals surface area contributed by atoms with Gasteiger partial charge in [0, 0.05) is 35.2 Å². The van der Waals surface area contributed by atoms with Crippen LogP contribution in [0, 0.1) is 11.8 Å². The van der Waals surface area contributed by atoms with Crippen molar-refractivity contribution in [2.45, 2.75) is 45.1 Å². The lowest BCUT2D eigenvalue weighted by Gasteiger charge is -2.34. The predicted molar refractivity (Wildman–Crippen MR) is 152 cm³/mol. The van der Waals surface area contributed by atoms with Crippen LogP contribution in [0.2, 0.25) is 0 Å². The van der Waals surface area contributed by atoms with Crippen molar-refractivity contribution in [3.8, 4) is 21.8 Å². The van der Waals surface area contributed by atoms with Crippen molar-refractivity contribution in [2.24, 2.45) is 11.8 Å². The van der Waals surface area contributed by atoms with Crippen molar-refractivity contribution in [1.82, 2.24) is 4.98 Å². The summed E-state index contributed by atoms with van der Waals surface area (Å²) in [5.41, 5.74) is 4.09. The number of aromatic nitrogens is 1. The quantitative estimate of drug-likeness (QED) is 0.244. The van der Waals surface area contributed by atoms with Crippen molar-refractivity contribution in [3.05, 3.63) is 59.6 Å². The fraction of sp³-hybridized carbons (Fsp3) is 0.387. The fourth-order valence-electron chi connectivity index (χ4n) is 5.68. The number of rotatable bonds is 6. The average Bonchev–Trinajstić information content (AvgIpc) is 3.74. The van der Waals surface area contributed by atoms with Gasteiger partial charge in [-0.15, -0.1) is 11.3 Å². The third-order valence-corrected chi connectivity index (χ3v) is 9.11. The molecule has 8 heteroatoms. The normalized spacial score (nSPS) is 21.2. The van der Waals surface area contributed by atoms with Crippen LogP contribution >= 0.6 is 11.3 Å². The first-order valence-corrected chi connectivity index (χ1v) is 14.4. The molecule has 1 aromatic carbocycles. The van der Waals surface area contributed by atoms with Crippen LogP contribution in [0.3, 0.4) is 0 Å². The highest BCUT2D eigenvalue weighted by Gasteiger charge is 2.37. The molecule has 202 valence electrons. The highest BCUT2D eigenvalue weighted by Crippen LogP contribution is 2.41. The minimum atomic E-state index is -0.429. The number of hydrogen-bond donors (Lipinski definition) is 0. The van der Waals surface area contributed by atoms with Crippen molar-refractivity contribution in [1.29, 1.82) is 0 Å². The van der Waals surface area contributed by atoms with E-state index in [1.165, 1.54) is 18.4 Å². The molecule has 1 aliphatic carbocycles. The molecule has 1 aliphatic heterocycles. The topological polar surface area (TPSA) is 81.9 Å². The average molecular weight is 545 g/mol. The second-order valence-corrected chi connectivity index (χ2v) is 11.6. The van der Waals surface area contributed by atoms with Gasteiger partial charge in [0.05, 0.1) is 25.4 Å². The Morgan fingerprint density at radius 2 is 1.79 bits per heavy atom. The van der Waals surface area contributed by atoms with Gasteiger partial charge in [-0.1, -0.05) is 31.2 Å². The lowest BCUT2D eigenvalue weighted by molar-refractivity contribution is -0.124. The number of furan rings is 1. The molecule has 6 rings (SSSR count). The SMILES string of the molecule is COC(=O)c1sc(-c2ccc(-c3cc4ncccc4o3)cc2)cc1N(C(=O)C1CCC(C)CC1)C1CCOC1. The number of methoxy groups -OCH3 is 1.